The monoisotopic (exact) mass is 380 g/mol. The second kappa shape index (κ2) is 8.07. The molecule has 0 heterocycles. The van der Waals surface area contributed by atoms with Crippen molar-refractivity contribution in [1.29, 1.82) is 0 Å². The van der Waals surface area contributed by atoms with Gasteiger partial charge < -0.3 is 10.1 Å². The van der Waals surface area contributed by atoms with Crippen LogP contribution in [0.3, 0.4) is 0 Å². The molecule has 0 aliphatic rings. The van der Waals surface area contributed by atoms with Crippen LogP contribution in [-0.4, -0.2) is 26.4 Å². The second-order valence-corrected chi connectivity index (χ2v) is 7.02. The lowest BCUT2D eigenvalue weighted by Crippen LogP contribution is -2.35. The lowest BCUT2D eigenvalue weighted by molar-refractivity contribution is -0.129. The molecule has 9 heteroatoms. The molecule has 0 fully saturated rings. The molecule has 2 rings (SSSR count). The van der Waals surface area contributed by atoms with Gasteiger partial charge in [0.15, 0.2) is 6.10 Å². The quantitative estimate of drug-likeness (QED) is 0.734. The smallest absolute Gasteiger partial charge is 0.338 e. The highest BCUT2D eigenvalue weighted by Crippen LogP contribution is 2.11. The molecule has 0 radical (unpaired) electrons. The number of benzene rings is 2. The highest BCUT2D eigenvalue weighted by Gasteiger charge is 2.19. The minimum Gasteiger partial charge on any atom is -0.449 e. The lowest BCUT2D eigenvalue weighted by Gasteiger charge is -2.13. The first-order chi connectivity index (χ1) is 12.2. The van der Waals surface area contributed by atoms with E-state index in [1.54, 1.807) is 0 Å². The maximum atomic E-state index is 12.8. The molecule has 0 spiro atoms. The number of carbonyl (C=O) groups is 2. The van der Waals surface area contributed by atoms with Crippen LogP contribution < -0.4 is 10.5 Å². The van der Waals surface area contributed by atoms with E-state index in [9.17, 15) is 22.4 Å². The van der Waals surface area contributed by atoms with Crippen LogP contribution >= 0.6 is 0 Å². The first-order valence-electron chi connectivity index (χ1n) is 7.53. The number of hydrogen-bond acceptors (Lipinski definition) is 5. The zero-order valence-corrected chi connectivity index (χ0v) is 14.6. The molecule has 2 aromatic rings. The molecule has 1 atom stereocenters. The van der Waals surface area contributed by atoms with Gasteiger partial charge in [0.25, 0.3) is 5.91 Å². The largest absolute Gasteiger partial charge is 0.449 e. The SMILES string of the molecule is CC(OC(=O)c1ccc(S(N)(=O)=O)cc1)C(=O)NCc1ccc(F)cc1. The third-order valence-electron chi connectivity index (χ3n) is 3.45. The third-order valence-corrected chi connectivity index (χ3v) is 4.38. The van der Waals surface area contributed by atoms with Gasteiger partial charge in [-0.25, -0.2) is 22.7 Å². The molecule has 0 saturated carbocycles. The molecule has 1 amide bonds. The summed E-state index contributed by atoms with van der Waals surface area (Å²) in [6.07, 6.45) is -1.07. The van der Waals surface area contributed by atoms with Gasteiger partial charge in [0.05, 0.1) is 10.5 Å². The van der Waals surface area contributed by atoms with E-state index >= 15 is 0 Å². The number of rotatable bonds is 6. The van der Waals surface area contributed by atoms with Crippen LogP contribution in [0.4, 0.5) is 4.39 Å². The molecular weight excluding hydrogens is 363 g/mol. The Morgan fingerprint density at radius 2 is 1.69 bits per heavy atom. The number of nitrogens with one attached hydrogen (secondary N) is 1. The summed E-state index contributed by atoms with van der Waals surface area (Å²) in [6, 6.07) is 10.4. The van der Waals surface area contributed by atoms with Crippen molar-refractivity contribution in [3.8, 4) is 0 Å². The summed E-state index contributed by atoms with van der Waals surface area (Å²) in [5.74, 6) is -1.69. The van der Waals surface area contributed by atoms with Crippen LogP contribution in [0.25, 0.3) is 0 Å². The maximum Gasteiger partial charge on any atom is 0.338 e. The summed E-state index contributed by atoms with van der Waals surface area (Å²) in [6.45, 7) is 1.56. The van der Waals surface area contributed by atoms with Gasteiger partial charge in [0, 0.05) is 6.54 Å². The van der Waals surface area contributed by atoms with E-state index in [2.05, 4.69) is 5.32 Å². The Balaban J connectivity index is 1.91. The summed E-state index contributed by atoms with van der Waals surface area (Å²) in [5, 5.41) is 7.54. The predicted molar refractivity (Wildman–Crippen MR) is 90.9 cm³/mol. The van der Waals surface area contributed by atoms with Crippen molar-refractivity contribution in [2.24, 2.45) is 5.14 Å². The first-order valence-corrected chi connectivity index (χ1v) is 9.07. The molecular formula is C17H17FN2O5S. The molecule has 7 nitrogen and oxygen atoms in total. The van der Waals surface area contributed by atoms with Crippen molar-refractivity contribution in [2.75, 3.05) is 0 Å². The van der Waals surface area contributed by atoms with Gasteiger partial charge in [0.1, 0.15) is 5.82 Å². The Morgan fingerprint density at radius 3 is 2.23 bits per heavy atom. The summed E-state index contributed by atoms with van der Waals surface area (Å²) < 4.78 is 40.2. The lowest BCUT2D eigenvalue weighted by atomic mass is 10.2. The normalized spacial score (nSPS) is 12.3. The topological polar surface area (TPSA) is 116 Å². The van der Waals surface area contributed by atoms with E-state index in [1.165, 1.54) is 55.5 Å². The average Bonchev–Trinajstić information content (AvgIpc) is 2.60. The molecule has 0 aromatic heterocycles. The molecule has 26 heavy (non-hydrogen) atoms. The average molecular weight is 380 g/mol. The van der Waals surface area contributed by atoms with Crippen molar-refractivity contribution >= 4 is 21.9 Å². The molecule has 138 valence electrons. The number of sulfonamides is 1. The maximum absolute atomic E-state index is 12.8. The van der Waals surface area contributed by atoms with Crippen LogP contribution in [0.1, 0.15) is 22.8 Å². The van der Waals surface area contributed by atoms with Crippen LogP contribution in [0.15, 0.2) is 53.4 Å². The van der Waals surface area contributed by atoms with Gasteiger partial charge >= 0.3 is 5.97 Å². The third kappa shape index (κ3) is 5.36. The van der Waals surface area contributed by atoms with Gasteiger partial charge in [-0.05, 0) is 48.9 Å². The zero-order chi connectivity index (χ0) is 19.3. The molecule has 3 N–H and O–H groups in total. The highest BCUT2D eigenvalue weighted by molar-refractivity contribution is 7.89. The number of ether oxygens (including phenoxy) is 1. The number of amides is 1. The van der Waals surface area contributed by atoms with Crippen molar-refractivity contribution in [1.82, 2.24) is 5.32 Å². The van der Waals surface area contributed by atoms with Crippen LogP contribution in [0.2, 0.25) is 0 Å². The number of primary sulfonamides is 1. The van der Waals surface area contributed by atoms with E-state index in [1.807, 2.05) is 0 Å². The summed E-state index contributed by atoms with van der Waals surface area (Å²) in [4.78, 5) is 23.8. The molecule has 0 bridgehead atoms. The van der Waals surface area contributed by atoms with Gasteiger partial charge in [-0.2, -0.15) is 0 Å². The van der Waals surface area contributed by atoms with E-state index < -0.39 is 28.0 Å². The second-order valence-electron chi connectivity index (χ2n) is 5.46. The van der Waals surface area contributed by atoms with Gasteiger partial charge in [-0.15, -0.1) is 0 Å². The Labute approximate surface area is 150 Å². The van der Waals surface area contributed by atoms with Crippen LogP contribution in [-0.2, 0) is 26.1 Å². The van der Waals surface area contributed by atoms with Crippen molar-refractivity contribution < 1.29 is 27.1 Å². The number of esters is 1. The van der Waals surface area contributed by atoms with Crippen molar-refractivity contribution in [2.45, 2.75) is 24.5 Å². The van der Waals surface area contributed by atoms with Crippen molar-refractivity contribution in [3.63, 3.8) is 0 Å². The Hall–Kier alpha value is -2.78. The first kappa shape index (κ1) is 19.5. The summed E-state index contributed by atoms with van der Waals surface area (Å²) >= 11 is 0. The standard InChI is InChI=1S/C17H17FN2O5S/c1-11(16(21)20-10-12-2-6-14(18)7-3-12)25-17(22)13-4-8-15(9-5-13)26(19,23)24/h2-9,11H,10H2,1H3,(H,20,21)(H2,19,23,24). The summed E-state index contributed by atoms with van der Waals surface area (Å²) in [5.41, 5.74) is 0.771. The van der Waals surface area contributed by atoms with Gasteiger partial charge in [-0.3, -0.25) is 4.79 Å². The number of hydrogen-bond donors (Lipinski definition) is 2. The predicted octanol–water partition coefficient (Wildman–Crippen LogP) is 1.33. The Kier molecular flexibility index (Phi) is 6.06. The highest BCUT2D eigenvalue weighted by atomic mass is 32.2. The molecule has 0 saturated heterocycles. The Morgan fingerprint density at radius 1 is 1.12 bits per heavy atom. The van der Waals surface area contributed by atoms with E-state index in [0.29, 0.717) is 5.56 Å². The molecule has 2 aromatic carbocycles. The number of halogens is 1. The number of carbonyl (C=O) groups excluding carboxylic acids is 2. The zero-order valence-electron chi connectivity index (χ0n) is 13.8. The fourth-order valence-electron chi connectivity index (χ4n) is 2.00. The van der Waals surface area contributed by atoms with Crippen LogP contribution in [0.5, 0.6) is 0 Å². The molecule has 1 unspecified atom stereocenters. The minimum absolute atomic E-state index is 0.0792. The Bertz CT molecular complexity index is 896. The van der Waals surface area contributed by atoms with Crippen molar-refractivity contribution in [3.05, 3.63) is 65.5 Å². The van der Waals surface area contributed by atoms with Crippen LogP contribution in [0, 0.1) is 5.82 Å². The fourth-order valence-corrected chi connectivity index (χ4v) is 2.51. The van der Waals surface area contributed by atoms with E-state index in [4.69, 9.17) is 9.88 Å². The summed E-state index contributed by atoms with van der Waals surface area (Å²) in [7, 11) is -3.86. The van der Waals surface area contributed by atoms with Gasteiger partial charge in [-0.1, -0.05) is 12.1 Å². The van der Waals surface area contributed by atoms with E-state index in [-0.39, 0.29) is 22.8 Å². The molecule has 0 aliphatic heterocycles. The van der Waals surface area contributed by atoms with E-state index in [0.717, 1.165) is 0 Å². The minimum atomic E-state index is -3.86. The van der Waals surface area contributed by atoms with Gasteiger partial charge in [0.2, 0.25) is 10.0 Å². The molecule has 0 aliphatic carbocycles. The fraction of sp³-hybridized carbons (Fsp3) is 0.176. The number of nitrogens with two attached hydrogens (primary N) is 1.